The second kappa shape index (κ2) is 5.05. The molecule has 0 saturated carbocycles. The molecule has 1 aliphatic heterocycles. The van der Waals surface area contributed by atoms with Crippen LogP contribution in [0.5, 0.6) is 5.75 Å². The Hall–Kier alpha value is -1.06. The molecule has 1 heterocycles. The summed E-state index contributed by atoms with van der Waals surface area (Å²) in [6.07, 6.45) is 2.31. The first kappa shape index (κ1) is 13.9. The van der Waals surface area contributed by atoms with E-state index in [0.29, 0.717) is 12.0 Å². The van der Waals surface area contributed by atoms with E-state index in [1.165, 1.54) is 11.1 Å². The van der Waals surface area contributed by atoms with Crippen LogP contribution in [0.4, 0.5) is 0 Å². The molecule has 2 aliphatic rings. The van der Waals surface area contributed by atoms with E-state index >= 15 is 0 Å². The summed E-state index contributed by atoms with van der Waals surface area (Å²) >= 11 is 0. The summed E-state index contributed by atoms with van der Waals surface area (Å²) in [5.74, 6) is 1.56. The number of methoxy groups -OCH3 is 1. The molecular formula is C17H25NO2. The van der Waals surface area contributed by atoms with Crippen molar-refractivity contribution in [1.82, 2.24) is 5.32 Å². The van der Waals surface area contributed by atoms with Crippen molar-refractivity contribution in [2.45, 2.75) is 51.4 Å². The highest BCUT2D eigenvalue weighted by atomic mass is 16.5. The van der Waals surface area contributed by atoms with E-state index in [2.05, 4.69) is 38.2 Å². The van der Waals surface area contributed by atoms with Crippen LogP contribution in [0.25, 0.3) is 0 Å². The molecule has 1 saturated heterocycles. The first-order valence-electron chi connectivity index (χ1n) is 7.59. The van der Waals surface area contributed by atoms with Crippen LogP contribution in [0, 0.1) is 5.92 Å². The Kier molecular flexibility index (Phi) is 3.51. The molecule has 1 fully saturated rings. The lowest BCUT2D eigenvalue weighted by Crippen LogP contribution is -2.53. The number of rotatable bonds is 3. The lowest BCUT2D eigenvalue weighted by molar-refractivity contribution is -0.131. The van der Waals surface area contributed by atoms with Crippen LogP contribution in [0.15, 0.2) is 18.2 Å². The Morgan fingerprint density at radius 1 is 1.45 bits per heavy atom. The van der Waals surface area contributed by atoms with Gasteiger partial charge in [-0.2, -0.15) is 0 Å². The average Bonchev–Trinajstić information content (AvgIpc) is 2.74. The molecule has 3 unspecified atom stereocenters. The minimum absolute atomic E-state index is 0.0694. The largest absolute Gasteiger partial charge is 0.497 e. The van der Waals surface area contributed by atoms with E-state index in [0.717, 1.165) is 25.1 Å². The van der Waals surface area contributed by atoms with Crippen molar-refractivity contribution in [3.63, 3.8) is 0 Å². The van der Waals surface area contributed by atoms with Gasteiger partial charge in [0.05, 0.1) is 18.8 Å². The highest BCUT2D eigenvalue weighted by Gasteiger charge is 2.43. The number of benzene rings is 1. The van der Waals surface area contributed by atoms with E-state index < -0.39 is 0 Å². The normalized spacial score (nSPS) is 32.0. The van der Waals surface area contributed by atoms with Crippen molar-refractivity contribution < 1.29 is 9.47 Å². The third kappa shape index (κ3) is 2.45. The Morgan fingerprint density at radius 2 is 2.25 bits per heavy atom. The number of hydrogen-bond donors (Lipinski definition) is 1. The van der Waals surface area contributed by atoms with Gasteiger partial charge in [-0.15, -0.1) is 0 Å². The molecule has 0 aromatic heterocycles. The van der Waals surface area contributed by atoms with Crippen LogP contribution in [-0.2, 0) is 11.2 Å². The van der Waals surface area contributed by atoms with Crippen LogP contribution >= 0.6 is 0 Å². The van der Waals surface area contributed by atoms with Crippen molar-refractivity contribution >= 4 is 0 Å². The zero-order valence-corrected chi connectivity index (χ0v) is 12.9. The molecule has 1 aromatic rings. The van der Waals surface area contributed by atoms with Crippen LogP contribution in [0.2, 0.25) is 0 Å². The molecular weight excluding hydrogens is 250 g/mol. The van der Waals surface area contributed by atoms with E-state index in [-0.39, 0.29) is 11.7 Å². The van der Waals surface area contributed by atoms with Crippen molar-refractivity contribution in [1.29, 1.82) is 0 Å². The monoisotopic (exact) mass is 275 g/mol. The summed E-state index contributed by atoms with van der Waals surface area (Å²) in [4.78, 5) is 0. The highest BCUT2D eigenvalue weighted by Crippen LogP contribution is 2.42. The minimum Gasteiger partial charge on any atom is -0.497 e. The van der Waals surface area contributed by atoms with Gasteiger partial charge in [0.2, 0.25) is 0 Å². The Morgan fingerprint density at radius 3 is 2.95 bits per heavy atom. The quantitative estimate of drug-likeness (QED) is 0.919. The Balaban J connectivity index is 1.86. The fourth-order valence-electron chi connectivity index (χ4n) is 3.72. The zero-order chi connectivity index (χ0) is 14.3. The van der Waals surface area contributed by atoms with Gasteiger partial charge in [-0.05, 0) is 48.9 Å². The molecule has 110 valence electrons. The summed E-state index contributed by atoms with van der Waals surface area (Å²) in [5, 5.41) is 3.70. The van der Waals surface area contributed by atoms with Gasteiger partial charge >= 0.3 is 0 Å². The smallest absolute Gasteiger partial charge is 0.119 e. The standard InChI is InChI=1S/C17H25NO2/c1-11(2)9-17(3)10-18-15-7-12-5-6-13(19-4)8-14(12)16(15)20-17/h5-6,8,11,15-16,18H,7,9-10H2,1-4H3. The Labute approximate surface area is 121 Å². The number of morpholine rings is 1. The number of ether oxygens (including phenoxy) is 2. The second-order valence-electron chi connectivity index (χ2n) is 6.84. The van der Waals surface area contributed by atoms with Gasteiger partial charge in [0.15, 0.2) is 0 Å². The third-order valence-electron chi connectivity index (χ3n) is 4.45. The molecule has 0 radical (unpaired) electrons. The molecule has 1 N–H and O–H groups in total. The molecule has 3 heteroatoms. The zero-order valence-electron chi connectivity index (χ0n) is 12.9. The summed E-state index contributed by atoms with van der Waals surface area (Å²) < 4.78 is 11.9. The summed E-state index contributed by atoms with van der Waals surface area (Å²) in [6.45, 7) is 7.69. The lowest BCUT2D eigenvalue weighted by atomic mass is 9.91. The van der Waals surface area contributed by atoms with Crippen LogP contribution in [0.1, 0.15) is 44.4 Å². The summed E-state index contributed by atoms with van der Waals surface area (Å²) in [7, 11) is 1.72. The molecule has 3 nitrogen and oxygen atoms in total. The van der Waals surface area contributed by atoms with Gasteiger partial charge in [-0.1, -0.05) is 19.9 Å². The van der Waals surface area contributed by atoms with Crippen LogP contribution in [-0.4, -0.2) is 25.3 Å². The molecule has 3 atom stereocenters. The van der Waals surface area contributed by atoms with Crippen molar-refractivity contribution in [3.05, 3.63) is 29.3 Å². The van der Waals surface area contributed by atoms with E-state index in [1.54, 1.807) is 7.11 Å². The molecule has 0 spiro atoms. The maximum atomic E-state index is 6.52. The molecule has 1 aliphatic carbocycles. The number of nitrogens with one attached hydrogen (secondary N) is 1. The number of fused-ring (bicyclic) bond motifs is 3. The van der Waals surface area contributed by atoms with Gasteiger partial charge in [0.25, 0.3) is 0 Å². The highest BCUT2D eigenvalue weighted by molar-refractivity contribution is 5.42. The van der Waals surface area contributed by atoms with Crippen LogP contribution in [0.3, 0.4) is 0 Å². The SMILES string of the molecule is COc1ccc2c(c1)C1OC(C)(CC(C)C)CNC1C2. The van der Waals surface area contributed by atoms with Crippen molar-refractivity contribution in [2.24, 2.45) is 5.92 Å². The maximum Gasteiger partial charge on any atom is 0.119 e. The fraction of sp³-hybridized carbons (Fsp3) is 0.647. The average molecular weight is 275 g/mol. The summed E-state index contributed by atoms with van der Waals surface area (Å²) in [5.41, 5.74) is 2.62. The van der Waals surface area contributed by atoms with Crippen LogP contribution < -0.4 is 10.1 Å². The third-order valence-corrected chi connectivity index (χ3v) is 4.45. The fourth-order valence-corrected chi connectivity index (χ4v) is 3.72. The molecule has 20 heavy (non-hydrogen) atoms. The van der Waals surface area contributed by atoms with Gasteiger partial charge in [-0.25, -0.2) is 0 Å². The van der Waals surface area contributed by atoms with Crippen molar-refractivity contribution in [3.8, 4) is 5.75 Å². The predicted molar refractivity (Wildman–Crippen MR) is 80.2 cm³/mol. The first-order chi connectivity index (χ1) is 9.50. The lowest BCUT2D eigenvalue weighted by Gasteiger charge is -2.42. The van der Waals surface area contributed by atoms with E-state index in [1.807, 2.05) is 6.07 Å². The Bertz CT molecular complexity index is 500. The summed E-state index contributed by atoms with van der Waals surface area (Å²) in [6, 6.07) is 6.78. The van der Waals surface area contributed by atoms with Gasteiger partial charge in [0.1, 0.15) is 5.75 Å². The molecule has 3 rings (SSSR count). The van der Waals surface area contributed by atoms with Gasteiger partial charge in [-0.3, -0.25) is 0 Å². The minimum atomic E-state index is -0.0694. The number of hydrogen-bond acceptors (Lipinski definition) is 3. The molecule has 0 bridgehead atoms. The predicted octanol–water partition coefficient (Wildman–Crippen LogP) is 3.09. The second-order valence-corrected chi connectivity index (χ2v) is 6.84. The molecule has 0 amide bonds. The van der Waals surface area contributed by atoms with E-state index in [9.17, 15) is 0 Å². The van der Waals surface area contributed by atoms with Crippen molar-refractivity contribution in [2.75, 3.05) is 13.7 Å². The topological polar surface area (TPSA) is 30.5 Å². The van der Waals surface area contributed by atoms with E-state index in [4.69, 9.17) is 9.47 Å². The van der Waals surface area contributed by atoms with Gasteiger partial charge < -0.3 is 14.8 Å². The maximum absolute atomic E-state index is 6.52. The molecule has 1 aromatic carbocycles. The van der Waals surface area contributed by atoms with Gasteiger partial charge in [0, 0.05) is 12.6 Å². The first-order valence-corrected chi connectivity index (χ1v) is 7.59.